The first kappa shape index (κ1) is 7.34. The van der Waals surface area contributed by atoms with Gasteiger partial charge < -0.3 is 16.2 Å². The van der Waals surface area contributed by atoms with Crippen LogP contribution in [-0.2, 0) is 0 Å². The number of hydrogen-bond donors (Lipinski definition) is 3. The molecule has 4 N–H and O–H groups in total. The molecule has 0 aromatic heterocycles. The Morgan fingerprint density at radius 1 is 1.70 bits per heavy atom. The van der Waals surface area contributed by atoms with Crippen molar-refractivity contribution in [3.63, 3.8) is 0 Å². The third kappa shape index (κ3) is 1.88. The van der Waals surface area contributed by atoms with Crippen LogP contribution in [0, 0.1) is 11.8 Å². The van der Waals surface area contributed by atoms with Crippen molar-refractivity contribution in [2.24, 2.45) is 17.6 Å². The van der Waals surface area contributed by atoms with Crippen LogP contribution in [0.25, 0.3) is 0 Å². The van der Waals surface area contributed by atoms with Crippen LogP contribution in [0.4, 0.5) is 4.79 Å². The van der Waals surface area contributed by atoms with Crippen LogP contribution in [-0.4, -0.2) is 24.3 Å². The maximum Gasteiger partial charge on any atom is 0.404 e. The largest absolute Gasteiger partial charge is 0.465 e. The van der Waals surface area contributed by atoms with Gasteiger partial charge in [-0.3, -0.25) is 0 Å². The van der Waals surface area contributed by atoms with Crippen molar-refractivity contribution in [3.05, 3.63) is 0 Å². The van der Waals surface area contributed by atoms with E-state index in [9.17, 15) is 4.79 Å². The molecule has 0 aliphatic heterocycles. The molecule has 58 valence electrons. The van der Waals surface area contributed by atoms with Crippen molar-refractivity contribution in [1.29, 1.82) is 0 Å². The first-order chi connectivity index (χ1) is 4.74. The zero-order valence-electron chi connectivity index (χ0n) is 5.71. The van der Waals surface area contributed by atoms with E-state index in [0.717, 1.165) is 6.42 Å². The molecular formula is C6H12N2O2. The standard InChI is InChI=1S/C6H12N2O2/c7-2-4-1-5(4)3-8-6(9)10/h4-5,8H,1-3,7H2,(H,9,10). The second kappa shape index (κ2) is 2.88. The Bertz CT molecular complexity index is 138. The maximum absolute atomic E-state index is 9.98. The van der Waals surface area contributed by atoms with Crippen molar-refractivity contribution < 1.29 is 9.90 Å². The molecule has 1 saturated carbocycles. The highest BCUT2D eigenvalue weighted by Gasteiger charge is 2.35. The minimum Gasteiger partial charge on any atom is -0.465 e. The fourth-order valence-electron chi connectivity index (χ4n) is 1.07. The molecule has 4 heteroatoms. The average molecular weight is 144 g/mol. The summed E-state index contributed by atoms with van der Waals surface area (Å²) in [7, 11) is 0. The molecule has 0 radical (unpaired) electrons. The molecule has 1 aliphatic carbocycles. The van der Waals surface area contributed by atoms with Gasteiger partial charge in [0.2, 0.25) is 0 Å². The highest BCUT2D eigenvalue weighted by Crippen LogP contribution is 2.36. The number of carbonyl (C=O) groups is 1. The minimum atomic E-state index is -0.942. The zero-order valence-corrected chi connectivity index (χ0v) is 5.71. The summed E-state index contributed by atoms with van der Waals surface area (Å²) in [6.07, 6.45) is 0.138. The number of rotatable bonds is 3. The predicted molar refractivity (Wildman–Crippen MR) is 36.7 cm³/mol. The molecule has 10 heavy (non-hydrogen) atoms. The normalized spacial score (nSPS) is 29.7. The van der Waals surface area contributed by atoms with Crippen LogP contribution in [0.2, 0.25) is 0 Å². The Kier molecular flexibility index (Phi) is 2.11. The monoisotopic (exact) mass is 144 g/mol. The average Bonchev–Trinajstić information content (AvgIpc) is 2.61. The zero-order chi connectivity index (χ0) is 7.56. The van der Waals surface area contributed by atoms with E-state index in [1.807, 2.05) is 0 Å². The van der Waals surface area contributed by atoms with Crippen molar-refractivity contribution in [2.75, 3.05) is 13.1 Å². The summed E-state index contributed by atoms with van der Waals surface area (Å²) in [4.78, 5) is 9.98. The van der Waals surface area contributed by atoms with Gasteiger partial charge >= 0.3 is 6.09 Å². The topological polar surface area (TPSA) is 75.3 Å². The summed E-state index contributed by atoms with van der Waals surface area (Å²) in [6.45, 7) is 1.25. The molecule has 4 nitrogen and oxygen atoms in total. The Hall–Kier alpha value is -0.770. The summed E-state index contributed by atoms with van der Waals surface area (Å²) in [6, 6.07) is 0. The number of carboxylic acid groups (broad SMARTS) is 1. The molecule has 0 aromatic rings. The van der Waals surface area contributed by atoms with Crippen molar-refractivity contribution in [3.8, 4) is 0 Å². The highest BCUT2D eigenvalue weighted by atomic mass is 16.4. The first-order valence-corrected chi connectivity index (χ1v) is 3.41. The predicted octanol–water partition coefficient (Wildman–Crippen LogP) is -0.151. The number of nitrogens with two attached hydrogens (primary N) is 1. The van der Waals surface area contributed by atoms with E-state index >= 15 is 0 Å². The van der Waals surface area contributed by atoms with Gasteiger partial charge in [-0.2, -0.15) is 0 Å². The Balaban J connectivity index is 2.01. The van der Waals surface area contributed by atoms with Crippen LogP contribution in [0.15, 0.2) is 0 Å². The Morgan fingerprint density at radius 3 is 2.80 bits per heavy atom. The summed E-state index contributed by atoms with van der Waals surface area (Å²) in [5.74, 6) is 1.06. The van der Waals surface area contributed by atoms with Gasteiger partial charge in [0, 0.05) is 6.54 Å². The van der Waals surface area contributed by atoms with E-state index < -0.39 is 6.09 Å². The molecule has 0 spiro atoms. The van der Waals surface area contributed by atoms with Gasteiger partial charge in [0.25, 0.3) is 0 Å². The van der Waals surface area contributed by atoms with Gasteiger partial charge in [0.05, 0.1) is 0 Å². The van der Waals surface area contributed by atoms with Gasteiger partial charge in [-0.15, -0.1) is 0 Å². The SMILES string of the molecule is NCC1CC1CNC(=O)O. The van der Waals surface area contributed by atoms with Gasteiger partial charge in [0.15, 0.2) is 0 Å². The highest BCUT2D eigenvalue weighted by molar-refractivity contribution is 5.64. The third-order valence-electron chi connectivity index (χ3n) is 1.89. The van der Waals surface area contributed by atoms with Crippen molar-refractivity contribution >= 4 is 6.09 Å². The molecule has 0 bridgehead atoms. The number of hydrogen-bond acceptors (Lipinski definition) is 2. The summed E-state index contributed by atoms with van der Waals surface area (Å²) < 4.78 is 0. The second-order valence-electron chi connectivity index (χ2n) is 2.68. The number of nitrogens with one attached hydrogen (secondary N) is 1. The lowest BCUT2D eigenvalue weighted by molar-refractivity contribution is 0.194. The summed E-state index contributed by atoms with van der Waals surface area (Å²) >= 11 is 0. The van der Waals surface area contributed by atoms with Gasteiger partial charge in [-0.25, -0.2) is 4.79 Å². The van der Waals surface area contributed by atoms with Crippen molar-refractivity contribution in [2.45, 2.75) is 6.42 Å². The molecule has 2 atom stereocenters. The third-order valence-corrected chi connectivity index (χ3v) is 1.89. The lowest BCUT2D eigenvalue weighted by Gasteiger charge is -1.96. The molecule has 1 rings (SSSR count). The molecule has 1 amide bonds. The fourth-order valence-corrected chi connectivity index (χ4v) is 1.07. The van der Waals surface area contributed by atoms with E-state index in [2.05, 4.69) is 5.32 Å². The molecule has 2 unspecified atom stereocenters. The molecule has 0 saturated heterocycles. The molecular weight excluding hydrogens is 132 g/mol. The fraction of sp³-hybridized carbons (Fsp3) is 0.833. The van der Waals surface area contributed by atoms with Crippen LogP contribution >= 0.6 is 0 Å². The van der Waals surface area contributed by atoms with E-state index in [0.29, 0.717) is 24.9 Å². The molecule has 1 fully saturated rings. The van der Waals surface area contributed by atoms with E-state index in [1.54, 1.807) is 0 Å². The van der Waals surface area contributed by atoms with Crippen LogP contribution in [0.5, 0.6) is 0 Å². The van der Waals surface area contributed by atoms with E-state index in [1.165, 1.54) is 0 Å². The van der Waals surface area contributed by atoms with Crippen molar-refractivity contribution in [1.82, 2.24) is 5.32 Å². The second-order valence-corrected chi connectivity index (χ2v) is 2.68. The maximum atomic E-state index is 9.98. The molecule has 1 aliphatic rings. The van der Waals surface area contributed by atoms with Crippen LogP contribution < -0.4 is 11.1 Å². The lowest BCUT2D eigenvalue weighted by Crippen LogP contribution is -2.24. The van der Waals surface area contributed by atoms with Gasteiger partial charge in [-0.1, -0.05) is 0 Å². The lowest BCUT2D eigenvalue weighted by atomic mass is 10.3. The molecule has 0 heterocycles. The Labute approximate surface area is 59.4 Å². The van der Waals surface area contributed by atoms with E-state index in [4.69, 9.17) is 10.8 Å². The minimum absolute atomic E-state index is 0.501. The quantitative estimate of drug-likeness (QED) is 0.515. The van der Waals surface area contributed by atoms with Gasteiger partial charge in [-0.05, 0) is 24.8 Å². The van der Waals surface area contributed by atoms with Gasteiger partial charge in [0.1, 0.15) is 0 Å². The Morgan fingerprint density at radius 2 is 2.40 bits per heavy atom. The molecule has 0 aromatic carbocycles. The summed E-state index contributed by atoms with van der Waals surface area (Å²) in [5, 5.41) is 10.5. The summed E-state index contributed by atoms with van der Waals surface area (Å²) in [5.41, 5.74) is 5.36. The van der Waals surface area contributed by atoms with Crippen LogP contribution in [0.3, 0.4) is 0 Å². The van der Waals surface area contributed by atoms with E-state index in [-0.39, 0.29) is 0 Å². The number of amides is 1. The first-order valence-electron chi connectivity index (χ1n) is 3.41. The van der Waals surface area contributed by atoms with Crippen LogP contribution in [0.1, 0.15) is 6.42 Å². The smallest absolute Gasteiger partial charge is 0.404 e.